The van der Waals surface area contributed by atoms with Crippen molar-refractivity contribution in [2.75, 3.05) is 4.90 Å². The zero-order valence-corrected chi connectivity index (χ0v) is 24.5. The van der Waals surface area contributed by atoms with Crippen LogP contribution >= 0.6 is 0 Å². The van der Waals surface area contributed by atoms with Crippen LogP contribution in [-0.4, -0.2) is 0 Å². The molecule has 0 unspecified atom stereocenters. The predicted octanol–water partition coefficient (Wildman–Crippen LogP) is 10.5. The number of anilines is 3. The molecular weight excluding hydrogens is 542 g/mol. The van der Waals surface area contributed by atoms with Crippen LogP contribution in [0.25, 0.3) is 22.3 Å². The normalized spacial score (nSPS) is 20.1. The van der Waals surface area contributed by atoms with Crippen molar-refractivity contribution in [3.63, 3.8) is 0 Å². The molecule has 2 aliphatic heterocycles. The highest BCUT2D eigenvalue weighted by Gasteiger charge is 2.63. The van der Waals surface area contributed by atoms with Crippen molar-refractivity contribution in [3.8, 4) is 22.3 Å². The van der Waals surface area contributed by atoms with Gasteiger partial charge in [0, 0.05) is 16.7 Å². The molecule has 45 heavy (non-hydrogen) atoms. The summed E-state index contributed by atoms with van der Waals surface area (Å²) in [5.41, 5.74) is 19.1. The largest absolute Gasteiger partial charge is 0.309 e. The molecule has 0 atom stereocenters. The second-order valence-electron chi connectivity index (χ2n) is 12.8. The molecule has 0 N–H and O–H groups in total. The van der Waals surface area contributed by atoms with Gasteiger partial charge in [0.05, 0.1) is 27.9 Å². The lowest BCUT2D eigenvalue weighted by Crippen LogP contribution is -2.54. The Kier molecular flexibility index (Phi) is 4.27. The molecule has 0 saturated heterocycles. The molecule has 5 aliphatic rings. The van der Waals surface area contributed by atoms with E-state index in [1.165, 1.54) is 83.8 Å². The van der Waals surface area contributed by atoms with Crippen molar-refractivity contribution >= 4 is 17.1 Å². The second-order valence-corrected chi connectivity index (χ2v) is 12.8. The third-order valence-electron chi connectivity index (χ3n) is 11.1. The number of hydrogen-bond donors (Lipinski definition) is 0. The minimum Gasteiger partial charge on any atom is -0.309 e. The van der Waals surface area contributed by atoms with E-state index in [1.54, 1.807) is 0 Å². The summed E-state index contributed by atoms with van der Waals surface area (Å²) in [6.07, 6.45) is 0. The lowest BCUT2D eigenvalue weighted by Gasteiger charge is -2.60. The Morgan fingerprint density at radius 3 is 1.47 bits per heavy atom. The van der Waals surface area contributed by atoms with E-state index in [1.807, 2.05) is 0 Å². The Balaban J connectivity index is 1.44. The van der Waals surface area contributed by atoms with Gasteiger partial charge in [0.1, 0.15) is 0 Å². The summed E-state index contributed by atoms with van der Waals surface area (Å²) in [5, 5.41) is 0. The summed E-state index contributed by atoms with van der Waals surface area (Å²) in [6, 6.07) is 61.8. The van der Waals surface area contributed by atoms with Crippen LogP contribution in [-0.2, 0) is 10.8 Å². The highest BCUT2D eigenvalue weighted by atomic mass is 15.2. The number of para-hydroxylation sites is 2. The molecule has 2 heterocycles. The fraction of sp³-hybridized carbons (Fsp3) is 0.0455. The van der Waals surface area contributed by atoms with Crippen LogP contribution < -0.4 is 4.90 Å². The van der Waals surface area contributed by atoms with Gasteiger partial charge in [-0.05, 0) is 62.2 Å². The average molecular weight is 570 g/mol. The van der Waals surface area contributed by atoms with Crippen LogP contribution in [0.4, 0.5) is 17.1 Å². The molecule has 1 spiro atoms. The van der Waals surface area contributed by atoms with Crippen molar-refractivity contribution in [3.05, 3.63) is 208 Å². The summed E-state index contributed by atoms with van der Waals surface area (Å²) in [4.78, 5) is 2.59. The molecule has 0 aromatic heterocycles. The average Bonchev–Trinajstić information content (AvgIpc) is 3.25. The van der Waals surface area contributed by atoms with Crippen molar-refractivity contribution in [1.82, 2.24) is 0 Å². The summed E-state index contributed by atoms with van der Waals surface area (Å²) in [7, 11) is 0. The van der Waals surface area contributed by atoms with Crippen LogP contribution in [0, 0.1) is 0 Å². The Bertz CT molecular complexity index is 2350. The summed E-state index contributed by atoms with van der Waals surface area (Å²) >= 11 is 0. The Morgan fingerprint density at radius 1 is 0.311 bits per heavy atom. The first kappa shape index (κ1) is 23.8. The van der Waals surface area contributed by atoms with E-state index in [2.05, 4.69) is 169 Å². The maximum atomic E-state index is 2.59. The number of benzene rings is 7. The van der Waals surface area contributed by atoms with Gasteiger partial charge in [0.25, 0.3) is 0 Å². The summed E-state index contributed by atoms with van der Waals surface area (Å²) in [5.74, 6) is 0. The maximum absolute atomic E-state index is 2.59. The van der Waals surface area contributed by atoms with E-state index in [9.17, 15) is 0 Å². The van der Waals surface area contributed by atoms with Crippen LogP contribution in [0.5, 0.6) is 0 Å². The molecule has 0 amide bonds. The van der Waals surface area contributed by atoms with Crippen LogP contribution in [0.15, 0.2) is 164 Å². The van der Waals surface area contributed by atoms with Gasteiger partial charge in [0.2, 0.25) is 0 Å². The molecule has 2 bridgehead atoms. The van der Waals surface area contributed by atoms with Gasteiger partial charge in [-0.15, -0.1) is 0 Å². The molecule has 1 heteroatoms. The predicted molar refractivity (Wildman–Crippen MR) is 183 cm³/mol. The van der Waals surface area contributed by atoms with Crippen molar-refractivity contribution in [2.45, 2.75) is 10.8 Å². The molecule has 1 nitrogen and oxygen atoms in total. The molecule has 7 aromatic carbocycles. The number of fused-ring (bicyclic) bond motifs is 7. The maximum Gasteiger partial charge on any atom is 0.0752 e. The van der Waals surface area contributed by atoms with Gasteiger partial charge in [0.15, 0.2) is 0 Å². The minimum absolute atomic E-state index is 0.441. The van der Waals surface area contributed by atoms with E-state index in [4.69, 9.17) is 0 Å². The highest BCUT2D eigenvalue weighted by Crippen LogP contribution is 2.72. The topological polar surface area (TPSA) is 3.24 Å². The zero-order chi connectivity index (χ0) is 29.3. The van der Waals surface area contributed by atoms with Gasteiger partial charge < -0.3 is 4.90 Å². The van der Waals surface area contributed by atoms with E-state index >= 15 is 0 Å². The lowest BCUT2D eigenvalue weighted by molar-refractivity contribution is 0.553. The monoisotopic (exact) mass is 569 g/mol. The van der Waals surface area contributed by atoms with Gasteiger partial charge in [-0.3, -0.25) is 0 Å². The van der Waals surface area contributed by atoms with Crippen molar-refractivity contribution in [1.29, 1.82) is 0 Å². The Hall–Kier alpha value is -5.66. The fourth-order valence-electron chi connectivity index (χ4n) is 9.64. The van der Waals surface area contributed by atoms with Crippen molar-refractivity contribution in [2.24, 2.45) is 0 Å². The van der Waals surface area contributed by atoms with Crippen LogP contribution in [0.1, 0.15) is 44.5 Å². The van der Waals surface area contributed by atoms with Gasteiger partial charge in [-0.1, -0.05) is 152 Å². The van der Waals surface area contributed by atoms with E-state index < -0.39 is 10.8 Å². The summed E-state index contributed by atoms with van der Waals surface area (Å²) < 4.78 is 0. The minimum atomic E-state index is -0.453. The highest BCUT2D eigenvalue weighted by molar-refractivity contribution is 6.08. The second kappa shape index (κ2) is 8.08. The van der Waals surface area contributed by atoms with E-state index in [0.717, 1.165) is 0 Å². The number of hydrogen-bond acceptors (Lipinski definition) is 1. The molecule has 208 valence electrons. The number of rotatable bonds is 1. The summed E-state index contributed by atoms with van der Waals surface area (Å²) in [6.45, 7) is 0. The first-order valence-corrected chi connectivity index (χ1v) is 15.9. The van der Waals surface area contributed by atoms with Gasteiger partial charge >= 0.3 is 0 Å². The SMILES string of the molecule is c1ccc(C23c4ccccc4C4(c5ccccc5N5c6ccccc6-c6ccccc6-c6ccc2c4c65)c2ccccc23)cc1. The van der Waals surface area contributed by atoms with E-state index in [-0.39, 0.29) is 0 Å². The molecule has 0 radical (unpaired) electrons. The van der Waals surface area contributed by atoms with Crippen LogP contribution in [0.3, 0.4) is 0 Å². The van der Waals surface area contributed by atoms with Gasteiger partial charge in [-0.2, -0.15) is 0 Å². The molecule has 0 fully saturated rings. The lowest BCUT2D eigenvalue weighted by atomic mass is 9.43. The van der Waals surface area contributed by atoms with Crippen molar-refractivity contribution < 1.29 is 0 Å². The molecule has 7 aromatic rings. The zero-order valence-electron chi connectivity index (χ0n) is 24.5. The molecule has 0 saturated carbocycles. The first-order chi connectivity index (χ1) is 22.4. The fourth-order valence-corrected chi connectivity index (χ4v) is 9.64. The van der Waals surface area contributed by atoms with Gasteiger partial charge in [-0.25, -0.2) is 0 Å². The third kappa shape index (κ3) is 2.50. The molecular formula is C44H27N. The van der Waals surface area contributed by atoms with E-state index in [0.29, 0.717) is 0 Å². The standard InChI is InChI=1S/C44H27N/c1-2-14-28(15-3-1)43-33-19-7-9-21-35(33)44(36-22-10-8-20-34(36)43)37-23-11-13-25-40(37)45-39-24-12-6-18-31(39)29-16-4-5-17-30(29)32-26-27-38(43)41(44)42(32)45/h1-27H. The Labute approximate surface area is 262 Å². The smallest absolute Gasteiger partial charge is 0.0752 e. The molecule has 12 rings (SSSR count). The number of nitrogens with zero attached hydrogens (tertiary/aromatic N) is 1. The van der Waals surface area contributed by atoms with Crippen LogP contribution in [0.2, 0.25) is 0 Å². The first-order valence-electron chi connectivity index (χ1n) is 15.9. The Morgan fingerprint density at radius 2 is 0.800 bits per heavy atom. The third-order valence-corrected chi connectivity index (χ3v) is 11.1. The quantitative estimate of drug-likeness (QED) is 0.190. The molecule has 3 aliphatic carbocycles.